The number of imidazole rings is 1. The molecular weight excluding hydrogens is 374 g/mol. The number of nitrogens with one attached hydrogen (secondary N) is 1. The number of halogens is 1. The maximum atomic E-state index is 13.4. The number of ether oxygens (including phenoxy) is 1. The lowest BCUT2D eigenvalue weighted by Crippen LogP contribution is -2.47. The second-order valence-electron chi connectivity index (χ2n) is 6.98. The molecule has 1 aliphatic rings. The van der Waals surface area contributed by atoms with E-state index in [2.05, 4.69) is 10.3 Å². The largest absolute Gasteiger partial charge is 0.381 e. The molecule has 3 aromatic rings. The van der Waals surface area contributed by atoms with E-state index in [1.807, 2.05) is 59.3 Å². The van der Waals surface area contributed by atoms with Crippen molar-refractivity contribution < 1.29 is 9.53 Å². The van der Waals surface area contributed by atoms with Crippen LogP contribution in [0.5, 0.6) is 0 Å². The molecule has 4 rings (SSSR count). The van der Waals surface area contributed by atoms with Crippen LogP contribution >= 0.6 is 11.6 Å². The number of para-hydroxylation sites is 1. The van der Waals surface area contributed by atoms with Gasteiger partial charge < -0.3 is 14.6 Å². The Hall–Kier alpha value is -2.63. The number of amides is 1. The molecule has 0 atom stereocenters. The van der Waals surface area contributed by atoms with Crippen LogP contribution < -0.4 is 5.32 Å². The van der Waals surface area contributed by atoms with Crippen LogP contribution in [0.4, 0.5) is 0 Å². The summed E-state index contributed by atoms with van der Waals surface area (Å²) in [7, 11) is 0. The van der Waals surface area contributed by atoms with E-state index < -0.39 is 5.41 Å². The van der Waals surface area contributed by atoms with E-state index in [9.17, 15) is 4.79 Å². The quantitative estimate of drug-likeness (QED) is 0.713. The molecule has 1 N–H and O–H groups in total. The summed E-state index contributed by atoms with van der Waals surface area (Å²) >= 11 is 6.05. The smallest absolute Gasteiger partial charge is 0.231 e. The molecule has 1 aromatic heterocycles. The highest BCUT2D eigenvalue weighted by atomic mass is 35.5. The maximum Gasteiger partial charge on any atom is 0.231 e. The topological polar surface area (TPSA) is 56.2 Å². The van der Waals surface area contributed by atoms with Crippen LogP contribution in [0, 0.1) is 0 Å². The molecule has 1 aliphatic heterocycles. The molecular formula is C22H22ClN3O2. The van der Waals surface area contributed by atoms with Crippen molar-refractivity contribution in [1.82, 2.24) is 14.9 Å². The maximum absolute atomic E-state index is 13.4. The van der Waals surface area contributed by atoms with Crippen molar-refractivity contribution in [2.45, 2.75) is 24.8 Å². The number of hydrogen-bond acceptors (Lipinski definition) is 3. The Balaban J connectivity index is 1.57. The summed E-state index contributed by atoms with van der Waals surface area (Å²) in [6.07, 6.45) is 6.71. The van der Waals surface area contributed by atoms with Crippen molar-refractivity contribution in [2.75, 3.05) is 13.2 Å². The van der Waals surface area contributed by atoms with E-state index in [0.717, 1.165) is 16.8 Å². The van der Waals surface area contributed by atoms with Gasteiger partial charge in [-0.1, -0.05) is 41.9 Å². The summed E-state index contributed by atoms with van der Waals surface area (Å²) in [6, 6.07) is 15.6. The first-order valence-electron chi connectivity index (χ1n) is 9.37. The molecule has 28 heavy (non-hydrogen) atoms. The Bertz CT molecular complexity index is 933. The molecule has 1 amide bonds. The minimum atomic E-state index is -0.590. The molecule has 6 heteroatoms. The third-order valence-electron chi connectivity index (χ3n) is 5.39. The van der Waals surface area contributed by atoms with E-state index >= 15 is 0 Å². The molecule has 0 saturated carbocycles. The molecule has 0 radical (unpaired) electrons. The van der Waals surface area contributed by atoms with Crippen LogP contribution in [0.3, 0.4) is 0 Å². The van der Waals surface area contributed by atoms with Gasteiger partial charge in [0.25, 0.3) is 0 Å². The number of rotatable bonds is 5. The predicted octanol–water partition coefficient (Wildman–Crippen LogP) is 3.89. The fraction of sp³-hybridized carbons (Fsp3) is 0.273. The van der Waals surface area contributed by atoms with Gasteiger partial charge in [-0.15, -0.1) is 0 Å². The fourth-order valence-electron chi connectivity index (χ4n) is 3.79. The highest BCUT2D eigenvalue weighted by Gasteiger charge is 2.41. The molecule has 0 aliphatic carbocycles. The highest BCUT2D eigenvalue weighted by Crippen LogP contribution is 2.36. The molecule has 0 unspecified atom stereocenters. The van der Waals surface area contributed by atoms with Crippen molar-refractivity contribution in [3.05, 3.63) is 83.4 Å². The van der Waals surface area contributed by atoms with E-state index in [1.165, 1.54) is 0 Å². The van der Waals surface area contributed by atoms with Crippen LogP contribution in [0.25, 0.3) is 5.69 Å². The van der Waals surface area contributed by atoms with E-state index in [4.69, 9.17) is 16.3 Å². The second kappa shape index (κ2) is 8.17. The third kappa shape index (κ3) is 3.68. The Kier molecular flexibility index (Phi) is 5.46. The summed E-state index contributed by atoms with van der Waals surface area (Å²) < 4.78 is 7.48. The molecule has 1 saturated heterocycles. The van der Waals surface area contributed by atoms with Crippen LogP contribution in [0.2, 0.25) is 5.02 Å². The van der Waals surface area contributed by atoms with Crippen LogP contribution in [0.1, 0.15) is 24.0 Å². The van der Waals surface area contributed by atoms with Gasteiger partial charge in [0.15, 0.2) is 0 Å². The second-order valence-corrected chi connectivity index (χ2v) is 7.42. The summed E-state index contributed by atoms with van der Waals surface area (Å²) in [5, 5.41) is 3.83. The molecule has 0 bridgehead atoms. The lowest BCUT2D eigenvalue weighted by molar-refractivity contribution is -0.130. The van der Waals surface area contributed by atoms with Crippen LogP contribution in [-0.4, -0.2) is 28.7 Å². The van der Waals surface area contributed by atoms with Crippen molar-refractivity contribution >= 4 is 17.5 Å². The SMILES string of the molecule is O=C(NCc1ccccc1-n1ccnc1)C1(c2ccc(Cl)cc2)CCOCC1. The minimum absolute atomic E-state index is 0.0264. The van der Waals surface area contributed by atoms with Gasteiger partial charge in [-0.3, -0.25) is 4.79 Å². The number of carbonyl (C=O) groups excluding carboxylic acids is 1. The summed E-state index contributed by atoms with van der Waals surface area (Å²) in [5.74, 6) is 0.0264. The Labute approximate surface area is 169 Å². The average Bonchev–Trinajstić information content (AvgIpc) is 3.28. The lowest BCUT2D eigenvalue weighted by Gasteiger charge is -2.36. The normalized spacial score (nSPS) is 15.9. The number of aromatic nitrogens is 2. The van der Waals surface area contributed by atoms with Crippen molar-refractivity contribution in [3.8, 4) is 5.69 Å². The summed E-state index contributed by atoms with van der Waals surface area (Å²) in [6.45, 7) is 1.59. The van der Waals surface area contributed by atoms with Gasteiger partial charge in [0.2, 0.25) is 5.91 Å². The van der Waals surface area contributed by atoms with E-state index in [0.29, 0.717) is 37.6 Å². The number of nitrogens with zero attached hydrogens (tertiary/aromatic N) is 2. The standard InChI is InChI=1S/C22H22ClN3O2/c23-19-7-5-18(6-8-19)22(9-13-28-14-10-22)21(27)25-15-17-3-1-2-4-20(17)26-12-11-24-16-26/h1-8,11-12,16H,9-10,13-15H2,(H,25,27). The molecule has 2 aromatic carbocycles. The van der Waals surface area contributed by atoms with E-state index in [-0.39, 0.29) is 5.91 Å². The number of carbonyl (C=O) groups is 1. The Morgan fingerprint density at radius 1 is 1.14 bits per heavy atom. The Morgan fingerprint density at radius 2 is 1.89 bits per heavy atom. The van der Waals surface area contributed by atoms with Gasteiger partial charge >= 0.3 is 0 Å². The van der Waals surface area contributed by atoms with Gasteiger partial charge in [-0.2, -0.15) is 0 Å². The predicted molar refractivity (Wildman–Crippen MR) is 109 cm³/mol. The highest BCUT2D eigenvalue weighted by molar-refractivity contribution is 6.30. The average molecular weight is 396 g/mol. The zero-order chi connectivity index (χ0) is 19.4. The zero-order valence-corrected chi connectivity index (χ0v) is 16.2. The lowest BCUT2D eigenvalue weighted by atomic mass is 9.73. The van der Waals surface area contributed by atoms with Crippen molar-refractivity contribution in [2.24, 2.45) is 0 Å². The van der Waals surface area contributed by atoms with Gasteiger partial charge in [-0.05, 0) is 42.2 Å². The van der Waals surface area contributed by atoms with Crippen LogP contribution in [0.15, 0.2) is 67.3 Å². The first-order valence-corrected chi connectivity index (χ1v) is 9.75. The van der Waals surface area contributed by atoms with Crippen LogP contribution in [-0.2, 0) is 21.5 Å². The first-order chi connectivity index (χ1) is 13.7. The number of hydrogen-bond donors (Lipinski definition) is 1. The Morgan fingerprint density at radius 3 is 2.61 bits per heavy atom. The van der Waals surface area contributed by atoms with Gasteiger partial charge in [0.05, 0.1) is 17.4 Å². The third-order valence-corrected chi connectivity index (χ3v) is 5.64. The summed E-state index contributed by atoms with van der Waals surface area (Å²) in [5.41, 5.74) is 2.44. The van der Waals surface area contributed by atoms with Crippen molar-refractivity contribution in [1.29, 1.82) is 0 Å². The van der Waals surface area contributed by atoms with Crippen molar-refractivity contribution in [3.63, 3.8) is 0 Å². The molecule has 144 valence electrons. The molecule has 5 nitrogen and oxygen atoms in total. The number of benzene rings is 2. The summed E-state index contributed by atoms with van der Waals surface area (Å²) in [4.78, 5) is 17.5. The molecule has 1 fully saturated rings. The van der Waals surface area contributed by atoms with Gasteiger partial charge in [-0.25, -0.2) is 4.98 Å². The zero-order valence-electron chi connectivity index (χ0n) is 15.5. The molecule has 0 spiro atoms. The minimum Gasteiger partial charge on any atom is -0.381 e. The van der Waals surface area contributed by atoms with Gasteiger partial charge in [0.1, 0.15) is 0 Å². The first kappa shape index (κ1) is 18.7. The van der Waals surface area contributed by atoms with E-state index in [1.54, 1.807) is 12.5 Å². The molecule has 2 heterocycles. The fourth-order valence-corrected chi connectivity index (χ4v) is 3.92. The van der Waals surface area contributed by atoms with Gasteiger partial charge in [0, 0.05) is 37.2 Å². The monoisotopic (exact) mass is 395 g/mol.